The molecule has 1 aromatic heterocycles. The molecule has 3 heteroatoms. The van der Waals surface area contributed by atoms with Crippen LogP contribution in [0.2, 0.25) is 0 Å². The van der Waals surface area contributed by atoms with Crippen LogP contribution in [0.25, 0.3) is 32.3 Å². The lowest BCUT2D eigenvalue weighted by atomic mass is 10.0. The quantitative estimate of drug-likeness (QED) is 0.177. The second-order valence-electron chi connectivity index (χ2n) is 9.50. The van der Waals surface area contributed by atoms with Gasteiger partial charge in [-0.15, -0.1) is 10.2 Å². The molecule has 3 aromatic carbocycles. The fourth-order valence-corrected chi connectivity index (χ4v) is 5.31. The third-order valence-electron chi connectivity index (χ3n) is 6.68. The molecule has 1 heterocycles. The van der Waals surface area contributed by atoms with Crippen LogP contribution in [-0.2, 0) is 12.8 Å². The van der Waals surface area contributed by atoms with Gasteiger partial charge in [0.25, 0.3) is 0 Å². The Hall–Kier alpha value is -2.78. The van der Waals surface area contributed by atoms with Crippen molar-refractivity contribution in [2.75, 3.05) is 0 Å². The molecule has 0 spiro atoms. The van der Waals surface area contributed by atoms with Crippen molar-refractivity contribution in [3.05, 3.63) is 83.9 Å². The Labute approximate surface area is 215 Å². The van der Waals surface area contributed by atoms with Crippen molar-refractivity contribution in [1.29, 1.82) is 0 Å². The summed E-state index contributed by atoms with van der Waals surface area (Å²) in [7, 11) is 0. The number of hydrogen-bond acceptors (Lipinski definition) is 3. The summed E-state index contributed by atoms with van der Waals surface area (Å²) in [6.07, 6.45) is 12.8. The van der Waals surface area contributed by atoms with Gasteiger partial charge >= 0.3 is 0 Å². The second-order valence-corrected chi connectivity index (χ2v) is 10.5. The largest absolute Gasteiger partial charge is 0.148 e. The highest BCUT2D eigenvalue weighted by Gasteiger charge is 2.09. The fourth-order valence-electron chi connectivity index (χ4n) is 4.45. The molecule has 0 radical (unpaired) electrons. The van der Waals surface area contributed by atoms with Gasteiger partial charge in [0.2, 0.25) is 0 Å². The van der Waals surface area contributed by atoms with E-state index in [1.807, 2.05) is 0 Å². The first-order valence-corrected chi connectivity index (χ1v) is 14.2. The average Bonchev–Trinajstić information content (AvgIpc) is 3.40. The van der Waals surface area contributed by atoms with Crippen LogP contribution in [0, 0.1) is 0 Å². The lowest BCUT2D eigenvalue weighted by Crippen LogP contribution is -1.86. The minimum atomic E-state index is 0.970. The van der Waals surface area contributed by atoms with Crippen molar-refractivity contribution in [2.24, 2.45) is 0 Å². The summed E-state index contributed by atoms with van der Waals surface area (Å²) in [5, 5.41) is 10.9. The van der Waals surface area contributed by atoms with Crippen LogP contribution in [0.1, 0.15) is 76.3 Å². The van der Waals surface area contributed by atoms with Crippen molar-refractivity contribution in [3.8, 4) is 32.3 Å². The Bertz CT molecular complexity index is 1140. The minimum absolute atomic E-state index is 0.970. The molecule has 4 aromatic rings. The molecule has 35 heavy (non-hydrogen) atoms. The maximum Gasteiger partial charge on any atom is 0.148 e. The monoisotopic (exact) mass is 482 g/mol. The predicted octanol–water partition coefficient (Wildman–Crippen LogP) is 9.78. The van der Waals surface area contributed by atoms with Gasteiger partial charge in [0.15, 0.2) is 0 Å². The highest BCUT2D eigenvalue weighted by atomic mass is 32.1. The number of benzene rings is 3. The zero-order chi connectivity index (χ0) is 24.3. The van der Waals surface area contributed by atoms with Crippen molar-refractivity contribution >= 4 is 11.3 Å². The first-order valence-electron chi connectivity index (χ1n) is 13.4. The number of nitrogens with zero attached hydrogens (tertiary/aromatic N) is 2. The normalized spacial score (nSPS) is 11.1. The summed E-state index contributed by atoms with van der Waals surface area (Å²) in [6.45, 7) is 4.52. The number of rotatable bonds is 13. The third-order valence-corrected chi connectivity index (χ3v) is 7.70. The second kappa shape index (κ2) is 13.3. The van der Waals surface area contributed by atoms with Gasteiger partial charge in [-0.25, -0.2) is 0 Å². The molecule has 0 aliphatic heterocycles. The van der Waals surface area contributed by atoms with Crippen LogP contribution >= 0.6 is 11.3 Å². The molecule has 0 bridgehead atoms. The van der Waals surface area contributed by atoms with Crippen LogP contribution in [0.5, 0.6) is 0 Å². The summed E-state index contributed by atoms with van der Waals surface area (Å²) in [5.74, 6) is 0. The van der Waals surface area contributed by atoms with Gasteiger partial charge in [-0.2, -0.15) is 0 Å². The van der Waals surface area contributed by atoms with E-state index < -0.39 is 0 Å². The molecule has 0 atom stereocenters. The Morgan fingerprint density at radius 2 is 0.829 bits per heavy atom. The van der Waals surface area contributed by atoms with Gasteiger partial charge < -0.3 is 0 Å². The van der Waals surface area contributed by atoms with E-state index in [2.05, 4.69) is 96.8 Å². The van der Waals surface area contributed by atoms with Gasteiger partial charge in [-0.05, 0) is 47.9 Å². The zero-order valence-corrected chi connectivity index (χ0v) is 22.1. The Kier molecular flexibility index (Phi) is 9.65. The Morgan fingerprint density at radius 3 is 1.34 bits per heavy atom. The fraction of sp³-hybridized carbons (Fsp3) is 0.375. The van der Waals surface area contributed by atoms with Crippen molar-refractivity contribution in [3.63, 3.8) is 0 Å². The van der Waals surface area contributed by atoms with Gasteiger partial charge in [0.1, 0.15) is 10.0 Å². The zero-order valence-electron chi connectivity index (χ0n) is 21.3. The highest BCUT2D eigenvalue weighted by Crippen LogP contribution is 2.31. The molecule has 0 aliphatic carbocycles. The van der Waals surface area contributed by atoms with Crippen molar-refractivity contribution in [1.82, 2.24) is 10.2 Å². The van der Waals surface area contributed by atoms with Crippen LogP contribution in [0.3, 0.4) is 0 Å². The van der Waals surface area contributed by atoms with Crippen LogP contribution < -0.4 is 0 Å². The Morgan fingerprint density at radius 1 is 0.457 bits per heavy atom. The molecule has 0 unspecified atom stereocenters. The number of aromatic nitrogens is 2. The summed E-state index contributed by atoms with van der Waals surface area (Å²) < 4.78 is 0. The number of unbranched alkanes of at least 4 members (excludes halogenated alkanes) is 6. The summed E-state index contributed by atoms with van der Waals surface area (Å²) >= 11 is 1.66. The van der Waals surface area contributed by atoms with Crippen LogP contribution in [0.15, 0.2) is 72.8 Å². The number of hydrogen-bond donors (Lipinski definition) is 0. The maximum atomic E-state index is 4.48. The third kappa shape index (κ3) is 7.35. The molecule has 182 valence electrons. The highest BCUT2D eigenvalue weighted by molar-refractivity contribution is 7.17. The average molecular weight is 483 g/mol. The standard InChI is InChI=1S/C32H38N2S/c1-3-5-7-8-10-12-26-15-19-29(20-16-26)31-33-34-32(35-31)30-23-21-28(22-24-30)27-17-13-25(14-18-27)11-9-6-4-2/h13-24H,3-12H2,1-2H3. The molecule has 0 amide bonds. The van der Waals surface area contributed by atoms with E-state index in [4.69, 9.17) is 0 Å². The van der Waals surface area contributed by atoms with E-state index in [1.54, 1.807) is 11.3 Å². The molecular formula is C32H38N2S. The topological polar surface area (TPSA) is 25.8 Å². The Balaban J connectivity index is 1.35. The lowest BCUT2D eigenvalue weighted by Gasteiger charge is -2.05. The molecular weight excluding hydrogens is 444 g/mol. The molecule has 0 saturated heterocycles. The van der Waals surface area contributed by atoms with E-state index in [9.17, 15) is 0 Å². The van der Waals surface area contributed by atoms with Gasteiger partial charge in [0.05, 0.1) is 0 Å². The van der Waals surface area contributed by atoms with Gasteiger partial charge in [-0.1, -0.05) is 137 Å². The van der Waals surface area contributed by atoms with Crippen molar-refractivity contribution in [2.45, 2.75) is 78.1 Å². The summed E-state index contributed by atoms with van der Waals surface area (Å²) in [5.41, 5.74) is 7.62. The predicted molar refractivity (Wildman–Crippen MR) is 152 cm³/mol. The van der Waals surface area contributed by atoms with E-state index in [0.717, 1.165) is 21.1 Å². The van der Waals surface area contributed by atoms with Crippen LogP contribution in [-0.4, -0.2) is 10.2 Å². The molecule has 0 N–H and O–H groups in total. The van der Waals surface area contributed by atoms with E-state index in [1.165, 1.54) is 86.5 Å². The maximum absolute atomic E-state index is 4.48. The summed E-state index contributed by atoms with van der Waals surface area (Å²) in [6, 6.07) is 26.6. The van der Waals surface area contributed by atoms with E-state index in [0.29, 0.717) is 0 Å². The van der Waals surface area contributed by atoms with Gasteiger partial charge in [0, 0.05) is 11.1 Å². The molecule has 0 fully saturated rings. The number of aryl methyl sites for hydroxylation is 2. The van der Waals surface area contributed by atoms with Crippen LogP contribution in [0.4, 0.5) is 0 Å². The molecule has 4 rings (SSSR count). The minimum Gasteiger partial charge on any atom is -0.138 e. The molecule has 0 saturated carbocycles. The molecule has 0 aliphatic rings. The van der Waals surface area contributed by atoms with E-state index >= 15 is 0 Å². The van der Waals surface area contributed by atoms with Crippen molar-refractivity contribution < 1.29 is 0 Å². The van der Waals surface area contributed by atoms with E-state index in [-0.39, 0.29) is 0 Å². The molecule has 2 nitrogen and oxygen atoms in total. The summed E-state index contributed by atoms with van der Waals surface area (Å²) in [4.78, 5) is 0. The smallest absolute Gasteiger partial charge is 0.138 e. The first-order chi connectivity index (χ1) is 17.3. The first kappa shape index (κ1) is 25.3. The lowest BCUT2D eigenvalue weighted by molar-refractivity contribution is 0.632. The van der Waals surface area contributed by atoms with Gasteiger partial charge in [-0.3, -0.25) is 0 Å². The SMILES string of the molecule is CCCCCCCc1ccc(-c2nnc(-c3ccc(-c4ccc(CCCCC)cc4)cc3)s2)cc1.